The van der Waals surface area contributed by atoms with Crippen LogP contribution in [0.25, 0.3) is 0 Å². The van der Waals surface area contributed by atoms with Crippen molar-refractivity contribution in [3.05, 3.63) is 0 Å². The number of hydrogen-bond acceptors (Lipinski definition) is 1. The highest BCUT2D eigenvalue weighted by Gasteiger charge is 2.33. The summed E-state index contributed by atoms with van der Waals surface area (Å²) >= 11 is 0. The summed E-state index contributed by atoms with van der Waals surface area (Å²) < 4.78 is 0. The molecule has 1 N–H and O–H groups in total. The van der Waals surface area contributed by atoms with Crippen LogP contribution in [-0.4, -0.2) is 11.9 Å². The van der Waals surface area contributed by atoms with Gasteiger partial charge in [-0.25, -0.2) is 0 Å². The van der Waals surface area contributed by atoms with Crippen LogP contribution in [-0.2, 0) is 0 Å². The Labute approximate surface area is 88.4 Å². The number of hydrogen-bond donors (Lipinski definition) is 1. The van der Waals surface area contributed by atoms with Gasteiger partial charge < -0.3 is 5.02 Å². The second kappa shape index (κ2) is 5.20. The second-order valence-corrected chi connectivity index (χ2v) is 5.29. The minimum atomic E-state index is 0.0376. The van der Waals surface area contributed by atoms with E-state index in [1.165, 1.54) is 64.2 Å². The van der Waals surface area contributed by atoms with Crippen LogP contribution in [0, 0.1) is 0 Å². The first-order chi connectivity index (χ1) is 6.88. The second-order valence-electron chi connectivity index (χ2n) is 5.29. The molecule has 2 heteroatoms. The van der Waals surface area contributed by atoms with E-state index in [0.29, 0.717) is 11.6 Å². The van der Waals surface area contributed by atoms with Gasteiger partial charge in [0, 0.05) is 0 Å². The summed E-state index contributed by atoms with van der Waals surface area (Å²) in [5, 5.41) is 10.3. The highest BCUT2D eigenvalue weighted by Crippen LogP contribution is 2.39. The number of rotatable bonds is 2. The Morgan fingerprint density at radius 3 is 1.36 bits per heavy atom. The summed E-state index contributed by atoms with van der Waals surface area (Å²) in [4.78, 5) is 0. The summed E-state index contributed by atoms with van der Waals surface area (Å²) in [7, 11) is 0. The summed E-state index contributed by atoms with van der Waals surface area (Å²) in [6, 6.07) is 0. The Balaban J connectivity index is 1.82. The quantitative estimate of drug-likeness (QED) is 0.665. The zero-order valence-corrected chi connectivity index (χ0v) is 9.25. The van der Waals surface area contributed by atoms with Gasteiger partial charge in [-0.15, -0.1) is 0 Å². The van der Waals surface area contributed by atoms with E-state index in [2.05, 4.69) is 0 Å². The molecule has 0 atom stereocenters. The largest absolute Gasteiger partial charge is 0.450 e. The van der Waals surface area contributed by atoms with Gasteiger partial charge in [-0.1, -0.05) is 64.2 Å². The molecule has 0 aliphatic heterocycles. The first-order valence-corrected chi connectivity index (χ1v) is 6.56. The van der Waals surface area contributed by atoms with Crippen molar-refractivity contribution in [2.24, 2.45) is 0 Å². The van der Waals surface area contributed by atoms with Crippen molar-refractivity contribution in [3.8, 4) is 0 Å². The van der Waals surface area contributed by atoms with E-state index in [1.807, 2.05) is 0 Å². The molecular formula is C12H23BO. The SMILES string of the molecule is OB(C1CCCCC1)C1CCCCC1. The van der Waals surface area contributed by atoms with Crippen molar-refractivity contribution < 1.29 is 5.02 Å². The van der Waals surface area contributed by atoms with Gasteiger partial charge in [0.15, 0.2) is 0 Å². The molecule has 0 aromatic rings. The van der Waals surface area contributed by atoms with Crippen LogP contribution in [0.3, 0.4) is 0 Å². The van der Waals surface area contributed by atoms with Crippen LogP contribution in [0.15, 0.2) is 0 Å². The maximum Gasteiger partial charge on any atom is 0.295 e. The minimum absolute atomic E-state index is 0.0376. The lowest BCUT2D eigenvalue weighted by atomic mass is 9.42. The van der Waals surface area contributed by atoms with Gasteiger partial charge in [-0.05, 0) is 11.6 Å². The molecule has 14 heavy (non-hydrogen) atoms. The zero-order valence-electron chi connectivity index (χ0n) is 9.25. The van der Waals surface area contributed by atoms with Crippen molar-refractivity contribution in [3.63, 3.8) is 0 Å². The van der Waals surface area contributed by atoms with E-state index in [1.54, 1.807) is 0 Å². The third-order valence-corrected chi connectivity index (χ3v) is 4.27. The van der Waals surface area contributed by atoms with Crippen LogP contribution in [0.5, 0.6) is 0 Å². The van der Waals surface area contributed by atoms with E-state index < -0.39 is 0 Å². The molecule has 0 radical (unpaired) electrons. The molecule has 2 saturated carbocycles. The average Bonchev–Trinajstić information content (AvgIpc) is 2.30. The lowest BCUT2D eigenvalue weighted by molar-refractivity contribution is 0.402. The first-order valence-electron chi connectivity index (χ1n) is 6.56. The molecule has 80 valence electrons. The van der Waals surface area contributed by atoms with Crippen LogP contribution < -0.4 is 0 Å². The standard InChI is InChI=1S/C12H23BO/c14-13(11-7-3-1-4-8-11)12-9-5-2-6-10-12/h11-12,14H,1-10H2. The molecule has 2 aliphatic carbocycles. The van der Waals surface area contributed by atoms with Gasteiger partial charge >= 0.3 is 0 Å². The fourth-order valence-electron chi connectivity index (χ4n) is 3.34. The first kappa shape index (κ1) is 10.5. The van der Waals surface area contributed by atoms with Gasteiger partial charge in [-0.2, -0.15) is 0 Å². The average molecular weight is 194 g/mol. The van der Waals surface area contributed by atoms with Gasteiger partial charge in [0.25, 0.3) is 6.92 Å². The topological polar surface area (TPSA) is 20.2 Å². The van der Waals surface area contributed by atoms with Gasteiger partial charge in [0.1, 0.15) is 0 Å². The van der Waals surface area contributed by atoms with Crippen LogP contribution in [0.1, 0.15) is 64.2 Å². The summed E-state index contributed by atoms with van der Waals surface area (Å²) in [5.74, 6) is 1.29. The van der Waals surface area contributed by atoms with Crippen molar-refractivity contribution in [2.75, 3.05) is 0 Å². The van der Waals surface area contributed by atoms with Gasteiger partial charge in [0.2, 0.25) is 0 Å². The van der Waals surface area contributed by atoms with E-state index in [-0.39, 0.29) is 6.92 Å². The molecule has 2 rings (SSSR count). The lowest BCUT2D eigenvalue weighted by Crippen LogP contribution is -2.29. The summed E-state index contributed by atoms with van der Waals surface area (Å²) in [5.41, 5.74) is 0. The highest BCUT2D eigenvalue weighted by molar-refractivity contribution is 6.54. The van der Waals surface area contributed by atoms with E-state index in [4.69, 9.17) is 0 Å². The maximum atomic E-state index is 10.3. The minimum Gasteiger partial charge on any atom is -0.450 e. The third kappa shape index (κ3) is 2.53. The zero-order chi connectivity index (χ0) is 9.80. The normalized spacial score (nSPS) is 26.4. The molecule has 0 aromatic heterocycles. The summed E-state index contributed by atoms with van der Waals surface area (Å²) in [6.45, 7) is 0.0376. The fraction of sp³-hybridized carbons (Fsp3) is 1.00. The Bertz CT molecular complexity index is 142. The molecule has 0 aromatic carbocycles. The summed E-state index contributed by atoms with van der Waals surface area (Å²) in [6.07, 6.45) is 13.4. The lowest BCUT2D eigenvalue weighted by Gasteiger charge is -2.31. The molecule has 0 amide bonds. The van der Waals surface area contributed by atoms with E-state index >= 15 is 0 Å². The predicted octanol–water partition coefficient (Wildman–Crippen LogP) is 3.64. The van der Waals surface area contributed by atoms with E-state index in [9.17, 15) is 5.02 Å². The van der Waals surface area contributed by atoms with Crippen LogP contribution >= 0.6 is 0 Å². The molecular weight excluding hydrogens is 171 g/mol. The van der Waals surface area contributed by atoms with Crippen molar-refractivity contribution in [1.29, 1.82) is 0 Å². The monoisotopic (exact) mass is 194 g/mol. The third-order valence-electron chi connectivity index (χ3n) is 4.27. The van der Waals surface area contributed by atoms with Crippen molar-refractivity contribution in [1.82, 2.24) is 0 Å². The smallest absolute Gasteiger partial charge is 0.295 e. The van der Waals surface area contributed by atoms with Gasteiger partial charge in [0.05, 0.1) is 0 Å². The predicted molar refractivity (Wildman–Crippen MR) is 61.6 cm³/mol. The van der Waals surface area contributed by atoms with Crippen molar-refractivity contribution in [2.45, 2.75) is 75.8 Å². The van der Waals surface area contributed by atoms with Crippen LogP contribution in [0.4, 0.5) is 0 Å². The molecule has 0 bridgehead atoms. The molecule has 0 heterocycles. The fourth-order valence-corrected chi connectivity index (χ4v) is 3.34. The Kier molecular flexibility index (Phi) is 3.92. The molecule has 2 fully saturated rings. The molecule has 0 unspecified atom stereocenters. The van der Waals surface area contributed by atoms with Crippen molar-refractivity contribution >= 4 is 6.92 Å². The Morgan fingerprint density at radius 1 is 0.643 bits per heavy atom. The highest BCUT2D eigenvalue weighted by atomic mass is 16.2. The Hall–Kier alpha value is 0.0249. The Morgan fingerprint density at radius 2 is 1.00 bits per heavy atom. The molecule has 0 spiro atoms. The molecule has 0 saturated heterocycles. The van der Waals surface area contributed by atoms with E-state index in [0.717, 1.165) is 0 Å². The maximum absolute atomic E-state index is 10.3. The molecule has 2 aliphatic rings. The van der Waals surface area contributed by atoms with Gasteiger partial charge in [-0.3, -0.25) is 0 Å². The van der Waals surface area contributed by atoms with Crippen LogP contribution in [0.2, 0.25) is 11.6 Å². The molecule has 1 nitrogen and oxygen atoms in total.